The minimum absolute atomic E-state index is 0.207. The Balaban J connectivity index is 2.55. The number of carbonyl (C=O) groups excluding carboxylic acids is 1. The first kappa shape index (κ1) is 10.7. The first-order valence-corrected chi connectivity index (χ1v) is 4.31. The lowest BCUT2D eigenvalue weighted by Gasteiger charge is -2.11. The molecule has 1 aromatic carbocycles. The van der Waals surface area contributed by atoms with Gasteiger partial charge in [-0.1, -0.05) is 18.2 Å². The largest absolute Gasteiger partial charge is 0.468 e. The van der Waals surface area contributed by atoms with Crippen LogP contribution in [0.4, 0.5) is 4.39 Å². The molecular weight excluding hydrogens is 185 g/mol. The third kappa shape index (κ3) is 2.81. The molecule has 3 nitrogen and oxygen atoms in total. The highest BCUT2D eigenvalue weighted by Gasteiger charge is 2.09. The van der Waals surface area contributed by atoms with Gasteiger partial charge in [-0.15, -0.1) is 0 Å². The van der Waals surface area contributed by atoms with E-state index in [0.717, 1.165) is 0 Å². The number of rotatable bonds is 5. The van der Waals surface area contributed by atoms with Crippen molar-refractivity contribution in [3.05, 3.63) is 35.6 Å². The van der Waals surface area contributed by atoms with Crippen LogP contribution in [-0.4, -0.2) is 13.1 Å². The molecule has 1 unspecified atom stereocenters. The van der Waals surface area contributed by atoms with Crippen LogP contribution in [0.25, 0.3) is 0 Å². The topological polar surface area (TPSA) is 52.3 Å². The number of halogens is 1. The predicted molar refractivity (Wildman–Crippen MR) is 50.0 cm³/mol. The first-order valence-electron chi connectivity index (χ1n) is 4.31. The van der Waals surface area contributed by atoms with E-state index in [1.165, 1.54) is 6.07 Å². The molecule has 0 fully saturated rings. The van der Waals surface area contributed by atoms with Gasteiger partial charge in [-0.25, -0.2) is 4.39 Å². The average molecular weight is 197 g/mol. The number of hydrogen-bond acceptors (Lipinski definition) is 3. The van der Waals surface area contributed by atoms with Gasteiger partial charge in [0.15, 0.2) is 0 Å². The fraction of sp³-hybridized carbons (Fsp3) is 0.300. The molecule has 76 valence electrons. The molecule has 14 heavy (non-hydrogen) atoms. The molecular formula is C10H12FNO2. The van der Waals surface area contributed by atoms with Crippen LogP contribution in [0.1, 0.15) is 18.0 Å². The van der Waals surface area contributed by atoms with Crippen molar-refractivity contribution >= 4 is 6.47 Å². The Morgan fingerprint density at radius 2 is 2.21 bits per heavy atom. The highest BCUT2D eigenvalue weighted by atomic mass is 19.1. The van der Waals surface area contributed by atoms with Crippen molar-refractivity contribution in [2.75, 3.05) is 6.61 Å². The van der Waals surface area contributed by atoms with E-state index < -0.39 is 6.04 Å². The van der Waals surface area contributed by atoms with Gasteiger partial charge in [-0.3, -0.25) is 4.79 Å². The SMILES string of the molecule is NC(CCOC=O)c1ccccc1F. The van der Waals surface area contributed by atoms with Crippen LogP contribution in [0.15, 0.2) is 24.3 Å². The summed E-state index contributed by atoms with van der Waals surface area (Å²) in [6, 6.07) is 5.87. The van der Waals surface area contributed by atoms with Crippen molar-refractivity contribution in [2.45, 2.75) is 12.5 Å². The van der Waals surface area contributed by atoms with E-state index in [2.05, 4.69) is 4.74 Å². The number of nitrogens with two attached hydrogens (primary N) is 1. The molecule has 0 aliphatic rings. The van der Waals surface area contributed by atoms with Crippen LogP contribution in [-0.2, 0) is 9.53 Å². The fourth-order valence-corrected chi connectivity index (χ4v) is 1.17. The van der Waals surface area contributed by atoms with Gasteiger partial charge in [0, 0.05) is 18.0 Å². The molecule has 0 aliphatic heterocycles. The molecule has 0 aliphatic carbocycles. The molecule has 0 heterocycles. The molecule has 2 N–H and O–H groups in total. The van der Waals surface area contributed by atoms with Crippen molar-refractivity contribution in [3.63, 3.8) is 0 Å². The normalized spacial score (nSPS) is 12.1. The molecule has 0 amide bonds. The number of benzene rings is 1. The number of ether oxygens (including phenoxy) is 1. The first-order chi connectivity index (χ1) is 6.75. The average Bonchev–Trinajstić information content (AvgIpc) is 2.18. The second-order valence-electron chi connectivity index (χ2n) is 2.88. The maximum Gasteiger partial charge on any atom is 0.293 e. The van der Waals surface area contributed by atoms with E-state index in [9.17, 15) is 9.18 Å². The van der Waals surface area contributed by atoms with Gasteiger partial charge in [-0.05, 0) is 6.07 Å². The second kappa shape index (κ2) is 5.34. The van der Waals surface area contributed by atoms with Crippen molar-refractivity contribution in [3.8, 4) is 0 Å². The minimum atomic E-state index is -0.434. The number of carbonyl (C=O) groups is 1. The predicted octanol–water partition coefficient (Wildman–Crippen LogP) is 1.39. The van der Waals surface area contributed by atoms with Gasteiger partial charge in [0.05, 0.1) is 6.61 Å². The maximum absolute atomic E-state index is 13.2. The Hall–Kier alpha value is -1.42. The summed E-state index contributed by atoms with van der Waals surface area (Å²) >= 11 is 0. The summed E-state index contributed by atoms with van der Waals surface area (Å²) in [5.41, 5.74) is 6.15. The Morgan fingerprint density at radius 1 is 1.50 bits per heavy atom. The lowest BCUT2D eigenvalue weighted by Crippen LogP contribution is -2.14. The number of hydrogen-bond donors (Lipinski definition) is 1. The minimum Gasteiger partial charge on any atom is -0.468 e. The molecule has 0 saturated carbocycles. The lowest BCUT2D eigenvalue weighted by atomic mass is 10.0. The third-order valence-electron chi connectivity index (χ3n) is 1.92. The lowest BCUT2D eigenvalue weighted by molar-refractivity contribution is -0.128. The molecule has 1 aromatic rings. The summed E-state index contributed by atoms with van der Waals surface area (Å²) in [6.45, 7) is 0.563. The molecule has 0 aromatic heterocycles. The molecule has 1 atom stereocenters. The molecule has 0 spiro atoms. The Labute approximate surface area is 81.7 Å². The van der Waals surface area contributed by atoms with E-state index in [4.69, 9.17) is 5.73 Å². The molecule has 1 rings (SSSR count). The van der Waals surface area contributed by atoms with Crippen LogP contribution in [0.5, 0.6) is 0 Å². The van der Waals surface area contributed by atoms with Crippen LogP contribution in [0.2, 0.25) is 0 Å². The zero-order valence-electron chi connectivity index (χ0n) is 7.65. The van der Waals surface area contributed by atoms with Crippen LogP contribution in [0, 0.1) is 5.82 Å². The second-order valence-corrected chi connectivity index (χ2v) is 2.88. The molecule has 0 radical (unpaired) electrons. The van der Waals surface area contributed by atoms with E-state index in [1.54, 1.807) is 18.2 Å². The van der Waals surface area contributed by atoms with Gasteiger partial charge >= 0.3 is 0 Å². The summed E-state index contributed by atoms with van der Waals surface area (Å²) < 4.78 is 17.6. The smallest absolute Gasteiger partial charge is 0.293 e. The standard InChI is InChI=1S/C10H12FNO2/c11-9-4-2-1-3-8(9)10(12)5-6-14-7-13/h1-4,7,10H,5-6,12H2. The van der Waals surface area contributed by atoms with Crippen molar-refractivity contribution < 1.29 is 13.9 Å². The molecule has 4 heteroatoms. The molecule has 0 saturated heterocycles. The van der Waals surface area contributed by atoms with Gasteiger partial charge in [0.2, 0.25) is 0 Å². The van der Waals surface area contributed by atoms with Crippen molar-refractivity contribution in [1.29, 1.82) is 0 Å². The Kier molecular flexibility index (Phi) is 4.07. The maximum atomic E-state index is 13.2. The summed E-state index contributed by atoms with van der Waals surface area (Å²) in [6.07, 6.45) is 0.416. The summed E-state index contributed by atoms with van der Waals surface area (Å²) in [4.78, 5) is 9.85. The Bertz CT molecular complexity index is 304. The van der Waals surface area contributed by atoms with Gasteiger partial charge in [0.1, 0.15) is 5.82 Å². The van der Waals surface area contributed by atoms with Crippen LogP contribution < -0.4 is 5.73 Å². The Morgan fingerprint density at radius 3 is 2.86 bits per heavy atom. The van der Waals surface area contributed by atoms with Crippen molar-refractivity contribution in [2.24, 2.45) is 5.73 Å². The van der Waals surface area contributed by atoms with Gasteiger partial charge in [0.25, 0.3) is 6.47 Å². The third-order valence-corrected chi connectivity index (χ3v) is 1.92. The molecule has 0 bridgehead atoms. The highest BCUT2D eigenvalue weighted by molar-refractivity contribution is 5.36. The monoisotopic (exact) mass is 197 g/mol. The van der Waals surface area contributed by atoms with Gasteiger partial charge < -0.3 is 10.5 Å². The fourth-order valence-electron chi connectivity index (χ4n) is 1.17. The zero-order chi connectivity index (χ0) is 10.4. The summed E-state index contributed by atoms with van der Waals surface area (Å²) in [7, 11) is 0. The zero-order valence-corrected chi connectivity index (χ0v) is 7.65. The van der Waals surface area contributed by atoms with E-state index in [1.807, 2.05) is 0 Å². The summed E-state index contributed by atoms with van der Waals surface area (Å²) in [5, 5.41) is 0. The van der Waals surface area contributed by atoms with Gasteiger partial charge in [-0.2, -0.15) is 0 Å². The highest BCUT2D eigenvalue weighted by Crippen LogP contribution is 2.16. The van der Waals surface area contributed by atoms with Crippen LogP contribution >= 0.6 is 0 Å². The summed E-state index contributed by atoms with van der Waals surface area (Å²) in [5.74, 6) is -0.328. The van der Waals surface area contributed by atoms with E-state index >= 15 is 0 Å². The van der Waals surface area contributed by atoms with Crippen molar-refractivity contribution in [1.82, 2.24) is 0 Å². The van der Waals surface area contributed by atoms with E-state index in [-0.39, 0.29) is 12.4 Å². The van der Waals surface area contributed by atoms with E-state index in [0.29, 0.717) is 18.5 Å². The quantitative estimate of drug-likeness (QED) is 0.573. The van der Waals surface area contributed by atoms with Crippen LogP contribution in [0.3, 0.4) is 0 Å².